The van der Waals surface area contributed by atoms with Gasteiger partial charge in [-0.25, -0.2) is 0 Å². The minimum absolute atomic E-state index is 0.0148. The minimum atomic E-state index is -0.200. The Morgan fingerprint density at radius 1 is 1.03 bits per heavy atom. The lowest BCUT2D eigenvalue weighted by Gasteiger charge is -2.20. The number of carbonyl (C=O) groups excluding carboxylic acids is 3. The molecule has 0 bridgehead atoms. The molecule has 2 aromatic carbocycles. The highest BCUT2D eigenvalue weighted by molar-refractivity contribution is 6.08. The molecule has 0 aromatic heterocycles. The molecule has 0 radical (unpaired) electrons. The molecular formula is C24H29N3O3. The molecular weight excluding hydrogens is 378 g/mol. The van der Waals surface area contributed by atoms with Gasteiger partial charge in [-0.3, -0.25) is 14.4 Å². The molecule has 2 fully saturated rings. The van der Waals surface area contributed by atoms with Gasteiger partial charge in [0.2, 0.25) is 11.8 Å². The zero-order valence-electron chi connectivity index (χ0n) is 17.3. The van der Waals surface area contributed by atoms with Gasteiger partial charge in [0.15, 0.2) is 0 Å². The van der Waals surface area contributed by atoms with Gasteiger partial charge in [0.05, 0.1) is 11.3 Å². The number of hydrogen-bond acceptors (Lipinski definition) is 3. The first-order chi connectivity index (χ1) is 14.6. The number of fused-ring (bicyclic) bond motifs is 1. The molecule has 0 spiro atoms. The van der Waals surface area contributed by atoms with Crippen molar-refractivity contribution < 1.29 is 14.4 Å². The lowest BCUT2D eigenvalue weighted by Crippen LogP contribution is -2.34. The molecule has 2 aliphatic rings. The van der Waals surface area contributed by atoms with Gasteiger partial charge in [-0.1, -0.05) is 30.7 Å². The van der Waals surface area contributed by atoms with E-state index in [1.807, 2.05) is 41.3 Å². The predicted molar refractivity (Wildman–Crippen MR) is 117 cm³/mol. The number of amides is 3. The van der Waals surface area contributed by atoms with Gasteiger partial charge in [0.25, 0.3) is 5.91 Å². The molecule has 4 rings (SSSR count). The molecule has 2 aromatic rings. The summed E-state index contributed by atoms with van der Waals surface area (Å²) in [4.78, 5) is 39.2. The fourth-order valence-electron chi connectivity index (χ4n) is 3.95. The van der Waals surface area contributed by atoms with Crippen LogP contribution in [0.5, 0.6) is 0 Å². The highest BCUT2D eigenvalue weighted by Gasteiger charge is 2.30. The molecule has 3 amide bonds. The highest BCUT2D eigenvalue weighted by Crippen LogP contribution is 2.32. The van der Waals surface area contributed by atoms with Crippen molar-refractivity contribution in [1.82, 2.24) is 10.2 Å². The normalized spacial score (nSPS) is 16.9. The average molecular weight is 408 g/mol. The van der Waals surface area contributed by atoms with Crippen LogP contribution in [-0.4, -0.2) is 42.3 Å². The van der Waals surface area contributed by atoms with Crippen LogP contribution < -0.4 is 10.6 Å². The molecule has 1 saturated carbocycles. The van der Waals surface area contributed by atoms with Crippen molar-refractivity contribution in [2.75, 3.05) is 25.0 Å². The van der Waals surface area contributed by atoms with Gasteiger partial charge in [-0.2, -0.15) is 0 Å². The predicted octanol–water partition coefficient (Wildman–Crippen LogP) is 3.71. The summed E-state index contributed by atoms with van der Waals surface area (Å²) in [6.07, 6.45) is 6.31. The number of hydrogen-bond donors (Lipinski definition) is 2. The number of nitrogens with zero attached hydrogens (tertiary/aromatic N) is 1. The Morgan fingerprint density at radius 3 is 2.57 bits per heavy atom. The Kier molecular flexibility index (Phi) is 6.31. The van der Waals surface area contributed by atoms with Crippen LogP contribution in [0.4, 0.5) is 5.69 Å². The first-order valence-corrected chi connectivity index (χ1v) is 11.0. The number of likely N-dealkylation sites (tertiary alicyclic amines) is 1. The van der Waals surface area contributed by atoms with E-state index >= 15 is 0 Å². The zero-order chi connectivity index (χ0) is 20.9. The van der Waals surface area contributed by atoms with Crippen molar-refractivity contribution >= 4 is 34.2 Å². The second-order valence-electron chi connectivity index (χ2n) is 8.31. The summed E-state index contributed by atoms with van der Waals surface area (Å²) in [5, 5.41) is 7.86. The Hall–Kier alpha value is -2.89. The van der Waals surface area contributed by atoms with Gasteiger partial charge in [0.1, 0.15) is 0 Å². The van der Waals surface area contributed by atoms with E-state index in [2.05, 4.69) is 10.6 Å². The van der Waals surface area contributed by atoms with Gasteiger partial charge in [-0.15, -0.1) is 0 Å². The maximum Gasteiger partial charge on any atom is 0.253 e. The molecule has 30 heavy (non-hydrogen) atoms. The largest absolute Gasteiger partial charge is 0.352 e. The van der Waals surface area contributed by atoms with Gasteiger partial charge >= 0.3 is 0 Å². The Morgan fingerprint density at radius 2 is 1.80 bits per heavy atom. The Balaban J connectivity index is 1.41. The van der Waals surface area contributed by atoms with Crippen LogP contribution in [0.25, 0.3) is 10.8 Å². The second-order valence-corrected chi connectivity index (χ2v) is 8.31. The highest BCUT2D eigenvalue weighted by atomic mass is 16.2. The van der Waals surface area contributed by atoms with Crippen LogP contribution in [0.2, 0.25) is 0 Å². The summed E-state index contributed by atoms with van der Waals surface area (Å²) in [5.74, 6) is 0.0741. The van der Waals surface area contributed by atoms with Crippen molar-refractivity contribution in [3.05, 3.63) is 42.0 Å². The third-order valence-corrected chi connectivity index (χ3v) is 5.90. The third-order valence-electron chi connectivity index (χ3n) is 5.90. The average Bonchev–Trinajstić information content (AvgIpc) is 3.60. The van der Waals surface area contributed by atoms with Gasteiger partial charge < -0.3 is 15.5 Å². The summed E-state index contributed by atoms with van der Waals surface area (Å²) >= 11 is 0. The first-order valence-electron chi connectivity index (χ1n) is 11.0. The van der Waals surface area contributed by atoms with Crippen LogP contribution >= 0.6 is 0 Å². The summed E-state index contributed by atoms with van der Waals surface area (Å²) in [5.41, 5.74) is 1.04. The van der Waals surface area contributed by atoms with Crippen molar-refractivity contribution in [2.45, 2.75) is 44.9 Å². The summed E-state index contributed by atoms with van der Waals surface area (Å²) in [7, 11) is 0. The second kappa shape index (κ2) is 9.28. The molecule has 1 saturated heterocycles. The van der Waals surface area contributed by atoms with Crippen LogP contribution in [0.15, 0.2) is 36.4 Å². The minimum Gasteiger partial charge on any atom is -0.352 e. The summed E-state index contributed by atoms with van der Waals surface area (Å²) in [6, 6.07) is 11.5. The fourth-order valence-corrected chi connectivity index (χ4v) is 3.95. The molecule has 158 valence electrons. The van der Waals surface area contributed by atoms with Crippen molar-refractivity contribution in [1.29, 1.82) is 0 Å². The van der Waals surface area contributed by atoms with Crippen LogP contribution in [0.3, 0.4) is 0 Å². The number of carbonyl (C=O) groups is 3. The topological polar surface area (TPSA) is 78.5 Å². The number of rotatable bonds is 7. The van der Waals surface area contributed by atoms with Crippen molar-refractivity contribution in [3.63, 3.8) is 0 Å². The van der Waals surface area contributed by atoms with E-state index in [0.29, 0.717) is 30.8 Å². The number of nitrogens with one attached hydrogen (secondary N) is 2. The molecule has 1 heterocycles. The van der Waals surface area contributed by atoms with E-state index in [9.17, 15) is 14.4 Å². The quantitative estimate of drug-likeness (QED) is 0.687. The maximum absolute atomic E-state index is 12.9. The molecule has 6 nitrogen and oxygen atoms in total. The monoisotopic (exact) mass is 407 g/mol. The van der Waals surface area contributed by atoms with E-state index in [-0.39, 0.29) is 23.6 Å². The van der Waals surface area contributed by atoms with E-state index in [4.69, 9.17) is 0 Å². The number of anilines is 1. The third kappa shape index (κ3) is 4.99. The van der Waals surface area contributed by atoms with Crippen LogP contribution in [0, 0.1) is 5.92 Å². The molecule has 2 N–H and O–H groups in total. The Labute approximate surface area is 177 Å². The molecule has 6 heteroatoms. The van der Waals surface area contributed by atoms with E-state index in [1.54, 1.807) is 0 Å². The number of benzene rings is 2. The van der Waals surface area contributed by atoms with Crippen LogP contribution in [0.1, 0.15) is 55.3 Å². The molecule has 1 aliphatic heterocycles. The lowest BCUT2D eigenvalue weighted by atomic mass is 10.0. The maximum atomic E-state index is 12.9. The SMILES string of the molecule is O=C(NCCCN1CCCCCC1=O)c1cc2ccccc2cc1NC(=O)C1CC1. The zero-order valence-corrected chi connectivity index (χ0v) is 17.3. The molecule has 1 aliphatic carbocycles. The van der Waals surface area contributed by atoms with E-state index in [1.165, 1.54) is 0 Å². The summed E-state index contributed by atoms with van der Waals surface area (Å²) in [6.45, 7) is 1.97. The van der Waals surface area contributed by atoms with Gasteiger partial charge in [-0.05, 0) is 55.0 Å². The fraction of sp³-hybridized carbons (Fsp3) is 0.458. The van der Waals surface area contributed by atoms with Crippen molar-refractivity contribution in [3.8, 4) is 0 Å². The Bertz CT molecular complexity index is 952. The standard InChI is InChI=1S/C24H29N3O3/c28-22-9-2-1-5-13-27(22)14-6-12-25-24(30)20-15-18-7-3-4-8-19(18)16-21(20)26-23(29)17-10-11-17/h3-4,7-8,15-17H,1-2,5-6,9-14H2,(H,25,30)(H,26,29). The van der Waals surface area contributed by atoms with E-state index < -0.39 is 0 Å². The van der Waals surface area contributed by atoms with Crippen LogP contribution in [-0.2, 0) is 9.59 Å². The smallest absolute Gasteiger partial charge is 0.253 e. The lowest BCUT2D eigenvalue weighted by molar-refractivity contribution is -0.130. The summed E-state index contributed by atoms with van der Waals surface area (Å²) < 4.78 is 0. The van der Waals surface area contributed by atoms with Crippen molar-refractivity contribution in [2.24, 2.45) is 5.92 Å². The van der Waals surface area contributed by atoms with E-state index in [0.717, 1.165) is 55.8 Å². The molecule has 0 atom stereocenters. The molecule has 0 unspecified atom stereocenters. The van der Waals surface area contributed by atoms with Gasteiger partial charge in [0, 0.05) is 32.0 Å². The first kappa shape index (κ1) is 20.4.